The van der Waals surface area contributed by atoms with Gasteiger partial charge in [-0.15, -0.1) is 0 Å². The molecule has 0 unspecified atom stereocenters. The van der Waals surface area contributed by atoms with Crippen molar-refractivity contribution in [2.75, 3.05) is 11.9 Å². The molecule has 1 heterocycles. The van der Waals surface area contributed by atoms with Crippen molar-refractivity contribution in [2.45, 2.75) is 38.6 Å². The normalized spacial score (nSPS) is 19.8. The lowest BCUT2D eigenvalue weighted by atomic mass is 10.0. The van der Waals surface area contributed by atoms with Crippen LogP contribution in [0.5, 0.6) is 0 Å². The van der Waals surface area contributed by atoms with E-state index in [0.29, 0.717) is 18.2 Å². The molecule has 1 atom stereocenters. The van der Waals surface area contributed by atoms with E-state index in [4.69, 9.17) is 0 Å². The molecule has 4 heteroatoms. The second-order valence-corrected chi connectivity index (χ2v) is 5.02. The summed E-state index contributed by atoms with van der Waals surface area (Å²) in [6.07, 6.45) is 1.67. The first-order valence-corrected chi connectivity index (χ1v) is 6.41. The Morgan fingerprint density at radius 3 is 2.83 bits per heavy atom. The van der Waals surface area contributed by atoms with E-state index in [9.17, 15) is 9.18 Å². The van der Waals surface area contributed by atoms with Crippen LogP contribution in [0, 0.1) is 5.82 Å². The number of amides is 1. The topological polar surface area (TPSA) is 41.1 Å². The summed E-state index contributed by atoms with van der Waals surface area (Å²) in [6.45, 7) is 4.76. The third kappa shape index (κ3) is 2.81. The summed E-state index contributed by atoms with van der Waals surface area (Å²) in [5, 5.41) is 5.76. The average molecular weight is 250 g/mol. The van der Waals surface area contributed by atoms with Crippen molar-refractivity contribution in [2.24, 2.45) is 0 Å². The van der Waals surface area contributed by atoms with Gasteiger partial charge in [0, 0.05) is 6.54 Å². The van der Waals surface area contributed by atoms with E-state index >= 15 is 0 Å². The predicted octanol–water partition coefficient (Wildman–Crippen LogP) is 2.64. The van der Waals surface area contributed by atoms with Gasteiger partial charge < -0.3 is 10.6 Å². The molecule has 1 aromatic carbocycles. The van der Waals surface area contributed by atoms with E-state index in [1.54, 1.807) is 6.07 Å². The highest BCUT2D eigenvalue weighted by atomic mass is 19.1. The van der Waals surface area contributed by atoms with Crippen LogP contribution in [0.15, 0.2) is 18.2 Å². The summed E-state index contributed by atoms with van der Waals surface area (Å²) in [6, 6.07) is 4.83. The number of piperidine rings is 1. The minimum Gasteiger partial charge on any atom is -0.371 e. The SMILES string of the molecule is CC(C)c1ccc(N[C@@H]2CCCNC2=O)c(F)c1. The third-order valence-corrected chi connectivity index (χ3v) is 3.27. The number of rotatable bonds is 3. The van der Waals surface area contributed by atoms with Crippen molar-refractivity contribution in [3.63, 3.8) is 0 Å². The quantitative estimate of drug-likeness (QED) is 0.866. The van der Waals surface area contributed by atoms with E-state index < -0.39 is 0 Å². The lowest BCUT2D eigenvalue weighted by molar-refractivity contribution is -0.123. The number of benzene rings is 1. The molecule has 0 aliphatic carbocycles. The van der Waals surface area contributed by atoms with Gasteiger partial charge in [-0.05, 0) is 36.5 Å². The third-order valence-electron chi connectivity index (χ3n) is 3.27. The molecule has 1 aliphatic heterocycles. The molecule has 2 N–H and O–H groups in total. The van der Waals surface area contributed by atoms with E-state index in [-0.39, 0.29) is 17.8 Å². The van der Waals surface area contributed by atoms with Crippen molar-refractivity contribution in [1.29, 1.82) is 0 Å². The molecule has 0 aromatic heterocycles. The second kappa shape index (κ2) is 5.38. The molecular weight excluding hydrogens is 231 g/mol. The monoisotopic (exact) mass is 250 g/mol. The molecule has 3 nitrogen and oxygen atoms in total. The molecule has 1 aliphatic rings. The Hall–Kier alpha value is -1.58. The fourth-order valence-corrected chi connectivity index (χ4v) is 2.11. The zero-order chi connectivity index (χ0) is 13.1. The first kappa shape index (κ1) is 12.9. The fourth-order valence-electron chi connectivity index (χ4n) is 2.11. The summed E-state index contributed by atoms with van der Waals surface area (Å²) in [4.78, 5) is 11.6. The molecule has 18 heavy (non-hydrogen) atoms. The standard InChI is InChI=1S/C14H19FN2O/c1-9(2)10-5-6-12(11(15)8-10)17-13-4-3-7-16-14(13)18/h5-6,8-9,13,17H,3-4,7H2,1-2H3,(H,16,18)/t13-/m1/s1. The molecule has 1 amide bonds. The number of carbonyl (C=O) groups is 1. The maximum absolute atomic E-state index is 13.9. The lowest BCUT2D eigenvalue weighted by Gasteiger charge is -2.24. The molecule has 0 spiro atoms. The number of carbonyl (C=O) groups excluding carboxylic acids is 1. The Bertz CT molecular complexity index is 445. The predicted molar refractivity (Wildman–Crippen MR) is 70.1 cm³/mol. The first-order valence-electron chi connectivity index (χ1n) is 6.41. The van der Waals surface area contributed by atoms with Crippen LogP contribution in [0.1, 0.15) is 38.2 Å². The maximum atomic E-state index is 13.9. The summed E-state index contributed by atoms with van der Waals surface area (Å²) in [5.41, 5.74) is 1.37. The number of nitrogens with one attached hydrogen (secondary N) is 2. The summed E-state index contributed by atoms with van der Waals surface area (Å²) in [5.74, 6) is -0.0420. The molecule has 1 fully saturated rings. The van der Waals surface area contributed by atoms with Gasteiger partial charge in [0.05, 0.1) is 5.69 Å². The van der Waals surface area contributed by atoms with Gasteiger partial charge in [-0.25, -0.2) is 4.39 Å². The summed E-state index contributed by atoms with van der Waals surface area (Å²) < 4.78 is 13.9. The van der Waals surface area contributed by atoms with Crippen molar-refractivity contribution < 1.29 is 9.18 Å². The molecule has 1 saturated heterocycles. The minimum atomic E-state index is -0.321. The van der Waals surface area contributed by atoms with E-state index in [0.717, 1.165) is 18.4 Å². The fraction of sp³-hybridized carbons (Fsp3) is 0.500. The maximum Gasteiger partial charge on any atom is 0.242 e. The van der Waals surface area contributed by atoms with Crippen LogP contribution in [0.4, 0.5) is 10.1 Å². The highest BCUT2D eigenvalue weighted by Gasteiger charge is 2.22. The van der Waals surface area contributed by atoms with Crippen LogP contribution in [-0.2, 0) is 4.79 Å². The van der Waals surface area contributed by atoms with Crippen molar-refractivity contribution >= 4 is 11.6 Å². The molecule has 0 saturated carbocycles. The highest BCUT2D eigenvalue weighted by molar-refractivity contribution is 5.85. The zero-order valence-corrected chi connectivity index (χ0v) is 10.8. The van der Waals surface area contributed by atoms with E-state index in [1.165, 1.54) is 6.07 Å². The highest BCUT2D eigenvalue weighted by Crippen LogP contribution is 2.22. The first-order chi connectivity index (χ1) is 8.58. The lowest BCUT2D eigenvalue weighted by Crippen LogP contribution is -2.44. The van der Waals surface area contributed by atoms with Crippen LogP contribution < -0.4 is 10.6 Å². The second-order valence-electron chi connectivity index (χ2n) is 5.02. The van der Waals surface area contributed by atoms with E-state index in [1.807, 2.05) is 19.9 Å². The minimum absolute atomic E-state index is 0.0476. The Labute approximate surface area is 107 Å². The number of halogens is 1. The van der Waals surface area contributed by atoms with Crippen LogP contribution >= 0.6 is 0 Å². The largest absolute Gasteiger partial charge is 0.371 e. The van der Waals surface area contributed by atoms with Gasteiger partial charge in [-0.1, -0.05) is 19.9 Å². The Balaban J connectivity index is 2.11. The zero-order valence-electron chi connectivity index (χ0n) is 10.8. The van der Waals surface area contributed by atoms with Gasteiger partial charge in [-0.2, -0.15) is 0 Å². The van der Waals surface area contributed by atoms with Crippen LogP contribution in [0.3, 0.4) is 0 Å². The smallest absolute Gasteiger partial charge is 0.242 e. The van der Waals surface area contributed by atoms with Crippen molar-refractivity contribution in [1.82, 2.24) is 5.32 Å². The van der Waals surface area contributed by atoms with Crippen molar-refractivity contribution in [3.8, 4) is 0 Å². The van der Waals surface area contributed by atoms with Gasteiger partial charge >= 0.3 is 0 Å². The Morgan fingerprint density at radius 2 is 2.22 bits per heavy atom. The molecule has 0 bridgehead atoms. The molecular formula is C14H19FN2O. The van der Waals surface area contributed by atoms with Crippen molar-refractivity contribution in [3.05, 3.63) is 29.6 Å². The summed E-state index contributed by atoms with van der Waals surface area (Å²) >= 11 is 0. The van der Waals surface area contributed by atoms with Crippen LogP contribution in [0.25, 0.3) is 0 Å². The number of hydrogen-bond donors (Lipinski definition) is 2. The van der Waals surface area contributed by atoms with Gasteiger partial charge in [-0.3, -0.25) is 4.79 Å². The Kier molecular flexibility index (Phi) is 3.84. The van der Waals surface area contributed by atoms with Crippen LogP contribution in [0.2, 0.25) is 0 Å². The van der Waals surface area contributed by atoms with E-state index in [2.05, 4.69) is 10.6 Å². The number of hydrogen-bond acceptors (Lipinski definition) is 2. The van der Waals surface area contributed by atoms with Gasteiger partial charge in [0.2, 0.25) is 5.91 Å². The van der Waals surface area contributed by atoms with Crippen LogP contribution in [-0.4, -0.2) is 18.5 Å². The molecule has 2 rings (SSSR count). The average Bonchev–Trinajstić information content (AvgIpc) is 2.34. The Morgan fingerprint density at radius 1 is 1.44 bits per heavy atom. The molecule has 98 valence electrons. The van der Waals surface area contributed by atoms with Gasteiger partial charge in [0.15, 0.2) is 0 Å². The number of anilines is 1. The van der Waals surface area contributed by atoms with Gasteiger partial charge in [0.25, 0.3) is 0 Å². The van der Waals surface area contributed by atoms with Gasteiger partial charge in [0.1, 0.15) is 11.9 Å². The molecule has 0 radical (unpaired) electrons. The summed E-state index contributed by atoms with van der Waals surface area (Å²) in [7, 11) is 0. The molecule has 1 aromatic rings.